The largest absolute Gasteiger partial charge is 0.461 e. The Labute approximate surface area is 100.0 Å². The molecule has 1 fully saturated rings. The molecule has 17 heavy (non-hydrogen) atoms. The second-order valence-corrected chi connectivity index (χ2v) is 4.59. The fraction of sp³-hybridized carbons (Fsp3) is 0.538. The first-order valence-electron chi connectivity index (χ1n) is 5.75. The van der Waals surface area contributed by atoms with Crippen molar-refractivity contribution in [2.75, 3.05) is 13.2 Å². The number of aliphatic hydroxyl groups excluding tert-OH is 1. The highest BCUT2D eigenvalue weighted by atomic mass is 16.5. The van der Waals surface area contributed by atoms with Crippen LogP contribution in [0.5, 0.6) is 0 Å². The number of fused-ring (bicyclic) bond motifs is 1. The summed E-state index contributed by atoms with van der Waals surface area (Å²) in [5.74, 6) is -0.888. The van der Waals surface area contributed by atoms with Gasteiger partial charge in [0.05, 0.1) is 6.61 Å². The summed E-state index contributed by atoms with van der Waals surface area (Å²) in [7, 11) is 0. The molecule has 0 aromatic rings. The van der Waals surface area contributed by atoms with Crippen molar-refractivity contribution in [3.05, 3.63) is 24.8 Å². The fourth-order valence-corrected chi connectivity index (χ4v) is 2.86. The number of esters is 1. The van der Waals surface area contributed by atoms with Crippen molar-refractivity contribution in [3.8, 4) is 0 Å². The third-order valence-corrected chi connectivity index (χ3v) is 3.75. The van der Waals surface area contributed by atoms with Gasteiger partial charge in [0.15, 0.2) is 11.2 Å². The molecule has 92 valence electrons. The van der Waals surface area contributed by atoms with E-state index in [1.54, 1.807) is 0 Å². The van der Waals surface area contributed by atoms with E-state index in [4.69, 9.17) is 4.74 Å². The Morgan fingerprint density at radius 2 is 2.47 bits per heavy atom. The first-order chi connectivity index (χ1) is 8.16. The Hall–Kier alpha value is -1.42. The van der Waals surface area contributed by atoms with E-state index in [1.165, 1.54) is 6.08 Å². The van der Waals surface area contributed by atoms with E-state index < -0.39 is 18.0 Å². The van der Waals surface area contributed by atoms with Gasteiger partial charge in [-0.25, -0.2) is 0 Å². The van der Waals surface area contributed by atoms with E-state index in [0.29, 0.717) is 6.42 Å². The molecule has 2 aliphatic carbocycles. The van der Waals surface area contributed by atoms with E-state index in [9.17, 15) is 14.7 Å². The lowest BCUT2D eigenvalue weighted by atomic mass is 9.77. The summed E-state index contributed by atoms with van der Waals surface area (Å²) in [5.41, 5.74) is -1.37. The van der Waals surface area contributed by atoms with Gasteiger partial charge in [0.1, 0.15) is 6.61 Å². The third kappa shape index (κ3) is 1.63. The summed E-state index contributed by atoms with van der Waals surface area (Å²) in [6.07, 6.45) is 6.42. The van der Waals surface area contributed by atoms with Crippen LogP contribution >= 0.6 is 0 Å². The topological polar surface area (TPSA) is 63.6 Å². The zero-order valence-electron chi connectivity index (χ0n) is 9.59. The lowest BCUT2D eigenvalue weighted by Crippen LogP contribution is -2.45. The number of allylic oxidation sites excluding steroid dienone is 2. The van der Waals surface area contributed by atoms with Gasteiger partial charge in [-0.2, -0.15) is 0 Å². The lowest BCUT2D eigenvalue weighted by molar-refractivity contribution is -0.163. The molecule has 0 aliphatic heterocycles. The Morgan fingerprint density at radius 3 is 3.12 bits per heavy atom. The average Bonchev–Trinajstić information content (AvgIpc) is 2.85. The van der Waals surface area contributed by atoms with Crippen LogP contribution < -0.4 is 0 Å². The molecule has 4 heteroatoms. The minimum Gasteiger partial charge on any atom is -0.461 e. The number of ether oxygens (including phenoxy) is 1. The first kappa shape index (κ1) is 12.0. The second kappa shape index (κ2) is 4.45. The predicted octanol–water partition coefficient (Wildman–Crippen LogP) is 0.859. The third-order valence-electron chi connectivity index (χ3n) is 3.75. The molecule has 0 aromatic carbocycles. The van der Waals surface area contributed by atoms with Crippen molar-refractivity contribution >= 4 is 11.8 Å². The quantitative estimate of drug-likeness (QED) is 0.446. The number of carbonyl (C=O) groups excluding carboxylic acids is 2. The standard InChI is InChI=1S/C13H16O4/c1-2-6-17-12(16)13(8-14)10-5-3-4-9(10)7-11(13)15/h2-3,5,9-10,14H,1,4,6-8H2/t9-,10-,13-/m1/s1. The molecule has 1 saturated carbocycles. The van der Waals surface area contributed by atoms with Crippen molar-refractivity contribution in [2.24, 2.45) is 17.3 Å². The van der Waals surface area contributed by atoms with Crippen LogP contribution in [0.3, 0.4) is 0 Å². The van der Waals surface area contributed by atoms with Crippen LogP contribution in [-0.4, -0.2) is 30.1 Å². The number of hydrogen-bond acceptors (Lipinski definition) is 4. The monoisotopic (exact) mass is 236 g/mol. The van der Waals surface area contributed by atoms with Gasteiger partial charge < -0.3 is 9.84 Å². The SMILES string of the molecule is C=CCOC(=O)[C@@]1(CO)C(=O)C[C@H]2CC=C[C@H]21. The molecule has 0 saturated heterocycles. The van der Waals surface area contributed by atoms with Crippen LogP contribution in [-0.2, 0) is 14.3 Å². The Bertz CT molecular complexity index is 385. The minimum atomic E-state index is -1.37. The number of Topliss-reactive ketones (excluding diaryl/α,β-unsaturated/α-hetero) is 1. The highest BCUT2D eigenvalue weighted by Crippen LogP contribution is 2.50. The van der Waals surface area contributed by atoms with E-state index in [-0.39, 0.29) is 24.2 Å². The molecule has 0 bridgehead atoms. The van der Waals surface area contributed by atoms with Gasteiger partial charge in [-0.1, -0.05) is 24.8 Å². The summed E-state index contributed by atoms with van der Waals surface area (Å²) in [6.45, 7) is 3.04. The molecule has 2 rings (SSSR count). The zero-order chi connectivity index (χ0) is 12.5. The molecule has 0 amide bonds. The van der Waals surface area contributed by atoms with Crippen molar-refractivity contribution in [1.29, 1.82) is 0 Å². The zero-order valence-corrected chi connectivity index (χ0v) is 9.59. The molecular formula is C13H16O4. The van der Waals surface area contributed by atoms with Crippen molar-refractivity contribution in [3.63, 3.8) is 0 Å². The average molecular weight is 236 g/mol. The van der Waals surface area contributed by atoms with Crippen LogP contribution in [0.4, 0.5) is 0 Å². The molecule has 0 spiro atoms. The summed E-state index contributed by atoms with van der Waals surface area (Å²) >= 11 is 0. The smallest absolute Gasteiger partial charge is 0.322 e. The maximum atomic E-state index is 12.0. The number of hydrogen-bond donors (Lipinski definition) is 1. The first-order valence-corrected chi connectivity index (χ1v) is 5.75. The fourth-order valence-electron chi connectivity index (χ4n) is 2.86. The van der Waals surface area contributed by atoms with Crippen molar-refractivity contribution in [2.45, 2.75) is 12.8 Å². The van der Waals surface area contributed by atoms with E-state index in [2.05, 4.69) is 6.58 Å². The summed E-state index contributed by atoms with van der Waals surface area (Å²) in [4.78, 5) is 24.1. The Kier molecular flexibility index (Phi) is 3.15. The molecule has 3 atom stereocenters. The van der Waals surface area contributed by atoms with Gasteiger partial charge in [0, 0.05) is 12.3 Å². The molecule has 0 heterocycles. The van der Waals surface area contributed by atoms with E-state index in [1.807, 2.05) is 12.2 Å². The van der Waals surface area contributed by atoms with Gasteiger partial charge in [0.25, 0.3) is 0 Å². The molecule has 0 unspecified atom stereocenters. The molecule has 0 aromatic heterocycles. The second-order valence-electron chi connectivity index (χ2n) is 4.59. The maximum Gasteiger partial charge on any atom is 0.322 e. The Balaban J connectivity index is 2.28. The van der Waals surface area contributed by atoms with Crippen LogP contribution in [0.1, 0.15) is 12.8 Å². The Morgan fingerprint density at radius 1 is 1.71 bits per heavy atom. The van der Waals surface area contributed by atoms with Crippen LogP contribution in [0, 0.1) is 17.3 Å². The van der Waals surface area contributed by atoms with Gasteiger partial charge in [-0.05, 0) is 12.3 Å². The van der Waals surface area contributed by atoms with Crippen molar-refractivity contribution in [1.82, 2.24) is 0 Å². The maximum absolute atomic E-state index is 12.0. The summed E-state index contributed by atoms with van der Waals surface area (Å²) in [6, 6.07) is 0. The lowest BCUT2D eigenvalue weighted by Gasteiger charge is -2.28. The normalized spacial score (nSPS) is 34.8. The number of rotatable bonds is 4. The van der Waals surface area contributed by atoms with Crippen LogP contribution in [0.15, 0.2) is 24.8 Å². The molecular weight excluding hydrogens is 220 g/mol. The summed E-state index contributed by atoms with van der Waals surface area (Å²) in [5, 5.41) is 9.52. The molecule has 4 nitrogen and oxygen atoms in total. The molecule has 0 radical (unpaired) electrons. The van der Waals surface area contributed by atoms with Gasteiger partial charge in [0.2, 0.25) is 0 Å². The van der Waals surface area contributed by atoms with Crippen LogP contribution in [0.25, 0.3) is 0 Å². The van der Waals surface area contributed by atoms with Gasteiger partial charge >= 0.3 is 5.97 Å². The van der Waals surface area contributed by atoms with Gasteiger partial charge in [-0.3, -0.25) is 9.59 Å². The number of ketones is 1. The minimum absolute atomic E-state index is 0.0644. The van der Waals surface area contributed by atoms with E-state index >= 15 is 0 Å². The predicted molar refractivity (Wildman–Crippen MR) is 61.0 cm³/mol. The number of carbonyl (C=O) groups is 2. The molecule has 1 N–H and O–H groups in total. The van der Waals surface area contributed by atoms with E-state index in [0.717, 1.165) is 6.42 Å². The van der Waals surface area contributed by atoms with Crippen LogP contribution in [0.2, 0.25) is 0 Å². The molecule has 2 aliphatic rings. The highest BCUT2D eigenvalue weighted by molar-refractivity contribution is 6.06. The summed E-state index contributed by atoms with van der Waals surface area (Å²) < 4.78 is 4.98. The highest BCUT2D eigenvalue weighted by Gasteiger charge is 2.60. The number of aliphatic hydroxyl groups is 1. The van der Waals surface area contributed by atoms with Gasteiger partial charge in [-0.15, -0.1) is 0 Å². The van der Waals surface area contributed by atoms with Crippen molar-refractivity contribution < 1.29 is 19.4 Å².